The van der Waals surface area contributed by atoms with Gasteiger partial charge in [-0.25, -0.2) is 4.68 Å². The standard InChI is InChI=1S/C20H19N5O3/c1-13-18(20(27)25(24(13)2)14-8-4-3-5-9-14)21-12-17-22-23-19(28-17)15-10-6-7-11-16(15)26/h3-11,21,26H,12H2,1-2H3. The van der Waals surface area contributed by atoms with Crippen molar-refractivity contribution in [2.45, 2.75) is 13.5 Å². The number of hydrogen-bond acceptors (Lipinski definition) is 6. The quantitative estimate of drug-likeness (QED) is 0.555. The molecule has 0 unspecified atom stereocenters. The fraction of sp³-hybridized carbons (Fsp3) is 0.150. The zero-order valence-corrected chi connectivity index (χ0v) is 15.5. The van der Waals surface area contributed by atoms with E-state index in [0.29, 0.717) is 17.1 Å². The number of nitrogens with one attached hydrogen (secondary N) is 1. The Morgan fingerprint density at radius 1 is 1.07 bits per heavy atom. The van der Waals surface area contributed by atoms with Gasteiger partial charge in [0.05, 0.1) is 23.5 Å². The lowest BCUT2D eigenvalue weighted by Gasteiger charge is -2.07. The van der Waals surface area contributed by atoms with Crippen molar-refractivity contribution in [1.29, 1.82) is 0 Å². The van der Waals surface area contributed by atoms with Crippen molar-refractivity contribution in [3.05, 3.63) is 76.5 Å². The van der Waals surface area contributed by atoms with Crippen LogP contribution in [0.25, 0.3) is 17.1 Å². The molecule has 2 heterocycles. The van der Waals surface area contributed by atoms with E-state index in [2.05, 4.69) is 15.5 Å². The van der Waals surface area contributed by atoms with Gasteiger partial charge in [0.15, 0.2) is 0 Å². The summed E-state index contributed by atoms with van der Waals surface area (Å²) >= 11 is 0. The largest absolute Gasteiger partial charge is 0.507 e. The Morgan fingerprint density at radius 2 is 1.79 bits per heavy atom. The molecule has 2 N–H and O–H groups in total. The Bertz CT molecular complexity index is 1170. The minimum Gasteiger partial charge on any atom is -0.507 e. The lowest BCUT2D eigenvalue weighted by atomic mass is 10.2. The van der Waals surface area contributed by atoms with Crippen molar-refractivity contribution in [2.24, 2.45) is 7.05 Å². The summed E-state index contributed by atoms with van der Waals surface area (Å²) in [6, 6.07) is 16.2. The minimum absolute atomic E-state index is 0.0651. The summed E-state index contributed by atoms with van der Waals surface area (Å²) in [6.45, 7) is 2.06. The summed E-state index contributed by atoms with van der Waals surface area (Å²) in [5.74, 6) is 0.601. The summed E-state index contributed by atoms with van der Waals surface area (Å²) < 4.78 is 9.00. The Hall–Kier alpha value is -3.81. The first-order valence-electron chi connectivity index (χ1n) is 8.75. The van der Waals surface area contributed by atoms with Crippen molar-refractivity contribution in [1.82, 2.24) is 19.6 Å². The fourth-order valence-electron chi connectivity index (χ4n) is 3.02. The molecule has 0 atom stereocenters. The number of phenols is 1. The van der Waals surface area contributed by atoms with Crippen LogP contribution in [-0.2, 0) is 13.6 Å². The Labute approximate surface area is 160 Å². The van der Waals surface area contributed by atoms with Gasteiger partial charge in [0.25, 0.3) is 11.4 Å². The number of aromatic nitrogens is 4. The van der Waals surface area contributed by atoms with E-state index in [9.17, 15) is 9.90 Å². The van der Waals surface area contributed by atoms with Crippen LogP contribution in [0.1, 0.15) is 11.6 Å². The molecule has 0 aliphatic heterocycles. The van der Waals surface area contributed by atoms with Gasteiger partial charge in [0, 0.05) is 7.05 Å². The van der Waals surface area contributed by atoms with Gasteiger partial charge in [-0.3, -0.25) is 9.48 Å². The number of rotatable bonds is 5. The number of para-hydroxylation sites is 2. The van der Waals surface area contributed by atoms with E-state index in [4.69, 9.17) is 4.42 Å². The van der Waals surface area contributed by atoms with Crippen LogP contribution in [0.5, 0.6) is 5.75 Å². The predicted octanol–water partition coefficient (Wildman–Crippen LogP) is 2.85. The number of hydrogen-bond donors (Lipinski definition) is 2. The van der Waals surface area contributed by atoms with Gasteiger partial charge in [-0.05, 0) is 31.2 Å². The molecular weight excluding hydrogens is 358 g/mol. The summed E-state index contributed by atoms with van der Waals surface area (Å²) in [7, 11) is 1.83. The summed E-state index contributed by atoms with van der Waals surface area (Å²) in [4.78, 5) is 12.9. The van der Waals surface area contributed by atoms with Crippen molar-refractivity contribution >= 4 is 5.69 Å². The highest BCUT2D eigenvalue weighted by Gasteiger charge is 2.17. The van der Waals surface area contributed by atoms with Crippen LogP contribution in [0.4, 0.5) is 5.69 Å². The molecule has 142 valence electrons. The molecule has 4 rings (SSSR count). The third-order valence-electron chi connectivity index (χ3n) is 4.57. The number of anilines is 1. The molecule has 2 aromatic carbocycles. The predicted molar refractivity (Wildman–Crippen MR) is 104 cm³/mol. The zero-order chi connectivity index (χ0) is 19.7. The second-order valence-corrected chi connectivity index (χ2v) is 6.31. The molecule has 0 spiro atoms. The highest BCUT2D eigenvalue weighted by molar-refractivity contribution is 5.61. The van der Waals surface area contributed by atoms with E-state index < -0.39 is 0 Å². The lowest BCUT2D eigenvalue weighted by molar-refractivity contribution is 0.469. The van der Waals surface area contributed by atoms with Gasteiger partial charge in [-0.1, -0.05) is 30.3 Å². The molecule has 8 nitrogen and oxygen atoms in total. The summed E-state index contributed by atoms with van der Waals surface area (Å²) in [5, 5.41) is 21.0. The first-order chi connectivity index (χ1) is 13.6. The first-order valence-corrected chi connectivity index (χ1v) is 8.75. The molecule has 28 heavy (non-hydrogen) atoms. The number of benzene rings is 2. The zero-order valence-electron chi connectivity index (χ0n) is 15.5. The molecule has 0 saturated carbocycles. The van der Waals surface area contributed by atoms with E-state index in [-0.39, 0.29) is 23.7 Å². The van der Waals surface area contributed by atoms with Crippen molar-refractivity contribution < 1.29 is 9.52 Å². The van der Waals surface area contributed by atoms with Crippen LogP contribution in [0, 0.1) is 6.92 Å². The van der Waals surface area contributed by atoms with Crippen molar-refractivity contribution in [3.63, 3.8) is 0 Å². The van der Waals surface area contributed by atoms with Crippen LogP contribution >= 0.6 is 0 Å². The molecule has 0 radical (unpaired) electrons. The summed E-state index contributed by atoms with van der Waals surface area (Å²) in [5.41, 5.74) is 2.34. The third kappa shape index (κ3) is 3.05. The van der Waals surface area contributed by atoms with Gasteiger partial charge >= 0.3 is 0 Å². The second-order valence-electron chi connectivity index (χ2n) is 6.31. The topological polar surface area (TPSA) is 98.1 Å². The Kier molecular flexibility index (Phi) is 4.44. The molecule has 0 bridgehead atoms. The molecular formula is C20H19N5O3. The van der Waals surface area contributed by atoms with Gasteiger partial charge < -0.3 is 14.8 Å². The van der Waals surface area contributed by atoms with Crippen LogP contribution < -0.4 is 10.9 Å². The number of aromatic hydroxyl groups is 1. The van der Waals surface area contributed by atoms with E-state index in [1.807, 2.05) is 44.3 Å². The average molecular weight is 377 g/mol. The fourth-order valence-corrected chi connectivity index (χ4v) is 3.02. The van der Waals surface area contributed by atoms with Crippen LogP contribution in [0.2, 0.25) is 0 Å². The number of nitrogens with zero attached hydrogens (tertiary/aromatic N) is 4. The molecule has 0 aliphatic rings. The van der Waals surface area contributed by atoms with Crippen molar-refractivity contribution in [2.75, 3.05) is 5.32 Å². The SMILES string of the molecule is Cc1c(NCc2nnc(-c3ccccc3O)o2)c(=O)n(-c2ccccc2)n1C. The van der Waals surface area contributed by atoms with Crippen LogP contribution in [0.15, 0.2) is 63.8 Å². The van der Waals surface area contributed by atoms with E-state index in [0.717, 1.165) is 11.4 Å². The van der Waals surface area contributed by atoms with E-state index in [1.54, 1.807) is 33.6 Å². The smallest absolute Gasteiger partial charge is 0.295 e. The number of phenolic OH excluding ortho intramolecular Hbond substituents is 1. The Balaban J connectivity index is 1.58. The van der Waals surface area contributed by atoms with Gasteiger partial charge in [0.1, 0.15) is 11.4 Å². The molecule has 0 fully saturated rings. The maximum atomic E-state index is 12.9. The molecule has 0 aliphatic carbocycles. The molecule has 0 amide bonds. The highest BCUT2D eigenvalue weighted by Crippen LogP contribution is 2.27. The lowest BCUT2D eigenvalue weighted by Crippen LogP contribution is -2.21. The average Bonchev–Trinajstić information content (AvgIpc) is 3.25. The molecule has 2 aromatic heterocycles. The highest BCUT2D eigenvalue weighted by atomic mass is 16.4. The molecule has 0 saturated heterocycles. The summed E-state index contributed by atoms with van der Waals surface area (Å²) in [6.07, 6.45) is 0. The maximum absolute atomic E-state index is 12.9. The Morgan fingerprint density at radius 3 is 2.54 bits per heavy atom. The maximum Gasteiger partial charge on any atom is 0.295 e. The normalized spacial score (nSPS) is 10.9. The first kappa shape index (κ1) is 17.6. The van der Waals surface area contributed by atoms with Gasteiger partial charge in [-0.2, -0.15) is 0 Å². The van der Waals surface area contributed by atoms with Gasteiger partial charge in [-0.15, -0.1) is 10.2 Å². The second kappa shape index (κ2) is 7.07. The third-order valence-corrected chi connectivity index (χ3v) is 4.57. The van der Waals surface area contributed by atoms with Crippen LogP contribution in [0.3, 0.4) is 0 Å². The van der Waals surface area contributed by atoms with E-state index in [1.165, 1.54) is 0 Å². The minimum atomic E-state index is -0.161. The van der Waals surface area contributed by atoms with Crippen molar-refractivity contribution in [3.8, 4) is 22.9 Å². The van der Waals surface area contributed by atoms with E-state index >= 15 is 0 Å². The monoisotopic (exact) mass is 377 g/mol. The molecule has 4 aromatic rings. The van der Waals surface area contributed by atoms with Gasteiger partial charge in [0.2, 0.25) is 5.89 Å². The van der Waals surface area contributed by atoms with Crippen LogP contribution in [-0.4, -0.2) is 24.7 Å². The molecule has 8 heteroatoms.